The zero-order chi connectivity index (χ0) is 19.8. The van der Waals surface area contributed by atoms with Crippen molar-refractivity contribution in [2.75, 3.05) is 13.1 Å². The van der Waals surface area contributed by atoms with E-state index in [1.165, 1.54) is 6.07 Å². The molecule has 0 bridgehead atoms. The monoisotopic (exact) mass is 398 g/mol. The van der Waals surface area contributed by atoms with Gasteiger partial charge in [-0.25, -0.2) is 13.6 Å². The molecule has 1 aliphatic rings. The van der Waals surface area contributed by atoms with E-state index in [0.717, 1.165) is 16.0 Å². The number of fused-ring (bicyclic) bond motifs is 1. The van der Waals surface area contributed by atoms with Crippen molar-refractivity contribution >= 4 is 15.9 Å². The van der Waals surface area contributed by atoms with Gasteiger partial charge in [0, 0.05) is 18.7 Å². The lowest BCUT2D eigenvalue weighted by Crippen LogP contribution is -2.42. The molecule has 0 radical (unpaired) electrons. The maximum Gasteiger partial charge on any atom is 0.471 e. The molecule has 144 valence electrons. The minimum absolute atomic E-state index is 0.0154. The van der Waals surface area contributed by atoms with Gasteiger partial charge in [0.25, 0.3) is 0 Å². The number of benzene rings is 2. The smallest absolute Gasteiger partial charge is 0.334 e. The summed E-state index contributed by atoms with van der Waals surface area (Å²) >= 11 is 0. The lowest BCUT2D eigenvalue weighted by atomic mass is 9.96. The maximum atomic E-state index is 12.7. The summed E-state index contributed by atoms with van der Waals surface area (Å²) in [4.78, 5) is 12.3. The molecule has 0 atom stereocenters. The van der Waals surface area contributed by atoms with Gasteiger partial charge in [-0.15, -0.1) is 0 Å². The Balaban J connectivity index is 1.93. The number of halogens is 3. The fraction of sp³-hybridized carbons (Fsp3) is 0.278. The van der Waals surface area contributed by atoms with Gasteiger partial charge < -0.3 is 4.90 Å². The number of carbonyl (C=O) groups excluding carboxylic acids is 1. The lowest BCUT2D eigenvalue weighted by Gasteiger charge is -2.21. The van der Waals surface area contributed by atoms with Crippen molar-refractivity contribution in [2.24, 2.45) is 5.14 Å². The Bertz CT molecular complexity index is 988. The predicted molar refractivity (Wildman–Crippen MR) is 93.3 cm³/mol. The molecule has 0 saturated heterocycles. The van der Waals surface area contributed by atoms with Crippen LogP contribution in [-0.2, 0) is 27.7 Å². The number of sulfonamides is 1. The molecular weight excluding hydrogens is 381 g/mol. The highest BCUT2D eigenvalue weighted by Gasteiger charge is 2.42. The van der Waals surface area contributed by atoms with Gasteiger partial charge in [-0.2, -0.15) is 13.2 Å². The van der Waals surface area contributed by atoms with Gasteiger partial charge in [0.05, 0.1) is 4.90 Å². The van der Waals surface area contributed by atoms with Gasteiger partial charge in [-0.3, -0.25) is 4.79 Å². The summed E-state index contributed by atoms with van der Waals surface area (Å²) in [6.45, 7) is -0.0654. The molecule has 0 aromatic heterocycles. The molecule has 9 heteroatoms. The summed E-state index contributed by atoms with van der Waals surface area (Å²) < 4.78 is 61.7. The summed E-state index contributed by atoms with van der Waals surface area (Å²) in [5.74, 6) is -1.84. The van der Waals surface area contributed by atoms with Crippen LogP contribution >= 0.6 is 0 Å². The number of hydrogen-bond acceptors (Lipinski definition) is 3. The van der Waals surface area contributed by atoms with E-state index < -0.39 is 22.1 Å². The number of alkyl halides is 3. The molecule has 0 saturated carbocycles. The average Bonchev–Trinajstić information content (AvgIpc) is 2.81. The zero-order valence-corrected chi connectivity index (χ0v) is 15.0. The standard InChI is InChI=1S/C18H17F3N2O3S/c19-18(20,21)17(24)23-9-7-12-5-6-14(11-13(12)8-10-23)15-3-1-2-4-16(15)27(22,25)26/h1-6,11H,7-10H2,(H2,22,25,26). The van der Waals surface area contributed by atoms with Gasteiger partial charge in [0.1, 0.15) is 0 Å². The predicted octanol–water partition coefficient (Wildman–Crippen LogP) is 2.49. The van der Waals surface area contributed by atoms with Crippen LogP contribution in [0.25, 0.3) is 11.1 Å². The van der Waals surface area contributed by atoms with E-state index in [0.29, 0.717) is 17.5 Å². The summed E-state index contributed by atoms with van der Waals surface area (Å²) in [5.41, 5.74) is 2.66. The normalized spacial score (nSPS) is 15.2. The highest BCUT2D eigenvalue weighted by Crippen LogP contribution is 2.30. The molecule has 1 heterocycles. The van der Waals surface area contributed by atoms with E-state index in [-0.39, 0.29) is 24.4 Å². The van der Waals surface area contributed by atoms with Crippen LogP contribution in [0.15, 0.2) is 47.4 Å². The molecule has 0 spiro atoms. The highest BCUT2D eigenvalue weighted by atomic mass is 32.2. The van der Waals surface area contributed by atoms with Crippen LogP contribution in [0.4, 0.5) is 13.2 Å². The van der Waals surface area contributed by atoms with E-state index in [2.05, 4.69) is 0 Å². The van der Waals surface area contributed by atoms with Crippen LogP contribution in [0.2, 0.25) is 0 Å². The Labute approximate surface area is 154 Å². The van der Waals surface area contributed by atoms with Gasteiger partial charge in [-0.05, 0) is 35.6 Å². The second kappa shape index (κ2) is 6.97. The Morgan fingerprint density at radius 2 is 1.63 bits per heavy atom. The topological polar surface area (TPSA) is 80.5 Å². The molecule has 1 amide bonds. The van der Waals surface area contributed by atoms with E-state index in [4.69, 9.17) is 5.14 Å². The molecular formula is C18H17F3N2O3S. The van der Waals surface area contributed by atoms with Crippen LogP contribution in [0.3, 0.4) is 0 Å². The summed E-state index contributed by atoms with van der Waals surface area (Å²) in [6.07, 6.45) is -4.34. The van der Waals surface area contributed by atoms with Crippen molar-refractivity contribution in [3.8, 4) is 11.1 Å². The zero-order valence-electron chi connectivity index (χ0n) is 14.2. The van der Waals surface area contributed by atoms with Crippen LogP contribution < -0.4 is 5.14 Å². The first-order valence-electron chi connectivity index (χ1n) is 8.17. The Hall–Kier alpha value is -2.39. The highest BCUT2D eigenvalue weighted by molar-refractivity contribution is 7.89. The first-order valence-corrected chi connectivity index (χ1v) is 9.72. The first kappa shape index (κ1) is 19.4. The van der Waals surface area contributed by atoms with E-state index in [1.54, 1.807) is 36.4 Å². The fourth-order valence-electron chi connectivity index (χ4n) is 3.23. The lowest BCUT2D eigenvalue weighted by molar-refractivity contribution is -0.185. The molecule has 27 heavy (non-hydrogen) atoms. The number of nitrogens with zero attached hydrogens (tertiary/aromatic N) is 1. The molecule has 0 unspecified atom stereocenters. The second-order valence-electron chi connectivity index (χ2n) is 6.31. The van der Waals surface area contributed by atoms with E-state index >= 15 is 0 Å². The molecule has 5 nitrogen and oxygen atoms in total. The van der Waals surface area contributed by atoms with Gasteiger partial charge in [0.15, 0.2) is 0 Å². The van der Waals surface area contributed by atoms with Crippen molar-refractivity contribution in [2.45, 2.75) is 23.9 Å². The third-order valence-corrected chi connectivity index (χ3v) is 5.51. The fourth-order valence-corrected chi connectivity index (χ4v) is 3.99. The molecule has 2 aromatic rings. The Kier molecular flexibility index (Phi) is 5.00. The van der Waals surface area contributed by atoms with Crippen molar-refractivity contribution in [1.29, 1.82) is 0 Å². The van der Waals surface area contributed by atoms with E-state index in [9.17, 15) is 26.4 Å². The van der Waals surface area contributed by atoms with Gasteiger partial charge in [-0.1, -0.05) is 36.4 Å². The molecule has 0 aliphatic carbocycles. The largest absolute Gasteiger partial charge is 0.471 e. The molecule has 3 rings (SSSR count). The third kappa shape index (κ3) is 4.14. The van der Waals surface area contributed by atoms with E-state index in [1.807, 2.05) is 0 Å². The minimum Gasteiger partial charge on any atom is -0.334 e. The van der Waals surface area contributed by atoms with Crippen molar-refractivity contribution in [3.63, 3.8) is 0 Å². The summed E-state index contributed by atoms with van der Waals surface area (Å²) in [7, 11) is -3.92. The van der Waals surface area contributed by atoms with Crippen LogP contribution in [0.1, 0.15) is 11.1 Å². The van der Waals surface area contributed by atoms with Crippen LogP contribution in [0.5, 0.6) is 0 Å². The van der Waals surface area contributed by atoms with Gasteiger partial charge >= 0.3 is 12.1 Å². The average molecular weight is 398 g/mol. The second-order valence-corrected chi connectivity index (χ2v) is 7.84. The molecule has 2 aromatic carbocycles. The Morgan fingerprint density at radius 3 is 2.26 bits per heavy atom. The number of carbonyl (C=O) groups is 1. The number of primary sulfonamides is 1. The van der Waals surface area contributed by atoms with Crippen molar-refractivity contribution in [1.82, 2.24) is 4.90 Å². The number of rotatable bonds is 2. The SMILES string of the molecule is NS(=O)(=O)c1ccccc1-c1ccc2c(c1)CCN(C(=O)C(F)(F)F)CC2. The number of nitrogens with two attached hydrogens (primary N) is 1. The third-order valence-electron chi connectivity index (χ3n) is 4.54. The quantitative estimate of drug-likeness (QED) is 0.844. The van der Waals surface area contributed by atoms with Crippen LogP contribution in [0, 0.1) is 0 Å². The summed E-state index contributed by atoms with van der Waals surface area (Å²) in [5, 5.41) is 5.27. The first-order chi connectivity index (χ1) is 12.6. The van der Waals surface area contributed by atoms with Crippen molar-refractivity contribution in [3.05, 3.63) is 53.6 Å². The van der Waals surface area contributed by atoms with Gasteiger partial charge in [0.2, 0.25) is 10.0 Å². The number of hydrogen-bond donors (Lipinski definition) is 1. The number of amides is 1. The molecule has 0 fully saturated rings. The van der Waals surface area contributed by atoms with Crippen LogP contribution in [-0.4, -0.2) is 38.5 Å². The molecule has 2 N–H and O–H groups in total. The Morgan fingerprint density at radius 1 is 1.00 bits per heavy atom. The van der Waals surface area contributed by atoms with Crippen molar-refractivity contribution < 1.29 is 26.4 Å². The minimum atomic E-state index is -4.89. The molecule has 1 aliphatic heterocycles. The summed E-state index contributed by atoms with van der Waals surface area (Å²) in [6, 6.07) is 11.5. The maximum absolute atomic E-state index is 12.7.